The fourth-order valence-electron chi connectivity index (χ4n) is 3.53. The molecule has 4 rings (SSSR count). The molecule has 0 N–H and O–H groups in total. The zero-order valence-electron chi connectivity index (χ0n) is 15.5. The van der Waals surface area contributed by atoms with Crippen molar-refractivity contribution in [3.8, 4) is 11.4 Å². The van der Waals surface area contributed by atoms with Crippen molar-refractivity contribution in [1.82, 2.24) is 23.7 Å². The van der Waals surface area contributed by atoms with Gasteiger partial charge in [-0.2, -0.15) is 22.0 Å². The Balaban J connectivity index is 1.34. The van der Waals surface area contributed by atoms with Gasteiger partial charge >= 0.3 is 0 Å². The van der Waals surface area contributed by atoms with Crippen LogP contribution in [-0.4, -0.2) is 71.3 Å². The van der Waals surface area contributed by atoms with Gasteiger partial charge in [0.2, 0.25) is 11.7 Å². The van der Waals surface area contributed by atoms with E-state index < -0.39 is 10.2 Å². The zero-order chi connectivity index (χ0) is 18.9. The summed E-state index contributed by atoms with van der Waals surface area (Å²) in [5, 5.41) is 4.06. The Morgan fingerprint density at radius 2 is 1.59 bits per heavy atom. The van der Waals surface area contributed by atoms with Gasteiger partial charge in [0, 0.05) is 44.8 Å². The van der Waals surface area contributed by atoms with Crippen molar-refractivity contribution >= 4 is 10.2 Å². The first-order valence-electron chi connectivity index (χ1n) is 9.39. The highest BCUT2D eigenvalue weighted by Gasteiger charge is 2.33. The summed E-state index contributed by atoms with van der Waals surface area (Å²) in [6.45, 7) is 6.18. The third-order valence-electron chi connectivity index (χ3n) is 5.19. The van der Waals surface area contributed by atoms with Crippen LogP contribution in [0.5, 0.6) is 0 Å². The number of piperazine rings is 1. The number of hydrogen-bond donors (Lipinski definition) is 0. The maximum Gasteiger partial charge on any atom is 0.282 e. The smallest absolute Gasteiger partial charge is 0.282 e. The number of hydrogen-bond acceptors (Lipinski definition) is 6. The summed E-state index contributed by atoms with van der Waals surface area (Å²) < 4.78 is 33.8. The number of rotatable bonds is 5. The number of aromatic nitrogens is 2. The Morgan fingerprint density at radius 1 is 0.963 bits per heavy atom. The molecule has 0 amide bonds. The van der Waals surface area contributed by atoms with Gasteiger partial charge in [0.05, 0.1) is 6.54 Å². The van der Waals surface area contributed by atoms with Crippen LogP contribution >= 0.6 is 0 Å². The SMILES string of the molecule is Cc1ccc(-c2noc(CN3CCN(S(=O)(=O)N4CCCC4)CC3)n2)cc1. The van der Waals surface area contributed by atoms with Gasteiger partial charge in [-0.3, -0.25) is 4.90 Å². The average Bonchev–Trinajstić information content (AvgIpc) is 3.35. The average molecular weight is 391 g/mol. The van der Waals surface area contributed by atoms with Gasteiger partial charge in [-0.05, 0) is 19.8 Å². The van der Waals surface area contributed by atoms with E-state index in [-0.39, 0.29) is 0 Å². The van der Waals surface area contributed by atoms with Crippen LogP contribution in [0.1, 0.15) is 24.3 Å². The molecule has 1 aromatic carbocycles. The van der Waals surface area contributed by atoms with Crippen molar-refractivity contribution < 1.29 is 12.9 Å². The monoisotopic (exact) mass is 391 g/mol. The van der Waals surface area contributed by atoms with E-state index >= 15 is 0 Å². The summed E-state index contributed by atoms with van der Waals surface area (Å²) in [5.74, 6) is 1.14. The lowest BCUT2D eigenvalue weighted by molar-refractivity contribution is 0.159. The number of nitrogens with zero attached hydrogens (tertiary/aromatic N) is 5. The molecule has 2 fully saturated rings. The van der Waals surface area contributed by atoms with Crippen molar-refractivity contribution in [2.24, 2.45) is 0 Å². The van der Waals surface area contributed by atoms with Gasteiger partial charge in [-0.1, -0.05) is 35.0 Å². The molecule has 0 atom stereocenters. The highest BCUT2D eigenvalue weighted by Crippen LogP contribution is 2.20. The molecule has 2 aromatic rings. The summed E-state index contributed by atoms with van der Waals surface area (Å²) in [6.07, 6.45) is 1.92. The molecule has 0 spiro atoms. The van der Waals surface area contributed by atoms with E-state index in [2.05, 4.69) is 15.0 Å². The van der Waals surface area contributed by atoms with Crippen molar-refractivity contribution in [3.05, 3.63) is 35.7 Å². The normalized spacial score (nSPS) is 20.3. The van der Waals surface area contributed by atoms with E-state index in [0.29, 0.717) is 57.5 Å². The highest BCUT2D eigenvalue weighted by atomic mass is 32.2. The molecule has 1 aromatic heterocycles. The molecule has 27 heavy (non-hydrogen) atoms. The molecule has 8 nitrogen and oxygen atoms in total. The molecule has 146 valence electrons. The predicted octanol–water partition coefficient (Wildman–Crippen LogP) is 1.50. The van der Waals surface area contributed by atoms with Gasteiger partial charge in [0.1, 0.15) is 0 Å². The molecular weight excluding hydrogens is 366 g/mol. The van der Waals surface area contributed by atoms with Crippen LogP contribution in [-0.2, 0) is 16.8 Å². The zero-order valence-corrected chi connectivity index (χ0v) is 16.4. The molecule has 2 aliphatic heterocycles. The molecule has 0 radical (unpaired) electrons. The van der Waals surface area contributed by atoms with E-state index in [1.165, 1.54) is 5.56 Å². The molecule has 2 saturated heterocycles. The Labute approximate surface area is 159 Å². The molecule has 2 aliphatic rings. The minimum atomic E-state index is -3.30. The number of aryl methyl sites for hydroxylation is 1. The van der Waals surface area contributed by atoms with Gasteiger partial charge in [-0.15, -0.1) is 0 Å². The van der Waals surface area contributed by atoms with Gasteiger partial charge in [-0.25, -0.2) is 0 Å². The third-order valence-corrected chi connectivity index (χ3v) is 7.22. The van der Waals surface area contributed by atoms with Crippen molar-refractivity contribution in [1.29, 1.82) is 0 Å². The van der Waals surface area contributed by atoms with E-state index in [1.54, 1.807) is 8.61 Å². The lowest BCUT2D eigenvalue weighted by Crippen LogP contribution is -2.52. The molecule has 0 unspecified atom stereocenters. The minimum Gasteiger partial charge on any atom is -0.338 e. The Bertz CT molecular complexity index is 867. The maximum atomic E-state index is 12.6. The predicted molar refractivity (Wildman–Crippen MR) is 101 cm³/mol. The lowest BCUT2D eigenvalue weighted by Gasteiger charge is -2.35. The first kappa shape index (κ1) is 18.5. The Morgan fingerprint density at radius 3 is 2.26 bits per heavy atom. The van der Waals surface area contributed by atoms with E-state index in [4.69, 9.17) is 4.52 Å². The number of benzene rings is 1. The van der Waals surface area contributed by atoms with E-state index in [9.17, 15) is 8.42 Å². The Hall–Kier alpha value is -1.81. The first-order valence-corrected chi connectivity index (χ1v) is 10.8. The van der Waals surface area contributed by atoms with Crippen LogP contribution in [0, 0.1) is 6.92 Å². The van der Waals surface area contributed by atoms with Crippen LogP contribution in [0.4, 0.5) is 0 Å². The van der Waals surface area contributed by atoms with Crippen LogP contribution in [0.25, 0.3) is 11.4 Å². The largest absolute Gasteiger partial charge is 0.338 e. The van der Waals surface area contributed by atoms with Crippen LogP contribution in [0.15, 0.2) is 28.8 Å². The fraction of sp³-hybridized carbons (Fsp3) is 0.556. The Kier molecular flexibility index (Phi) is 5.27. The standard InChI is InChI=1S/C18H25N5O3S/c1-15-4-6-16(7-5-15)18-19-17(26-20-18)14-21-10-12-23(13-11-21)27(24,25)22-8-2-3-9-22/h4-7H,2-3,8-14H2,1H3. The van der Waals surface area contributed by atoms with Gasteiger partial charge < -0.3 is 4.52 Å². The van der Waals surface area contributed by atoms with Crippen molar-refractivity contribution in [2.45, 2.75) is 26.3 Å². The van der Waals surface area contributed by atoms with Crippen LogP contribution in [0.3, 0.4) is 0 Å². The second-order valence-corrected chi connectivity index (χ2v) is 9.10. The molecule has 0 saturated carbocycles. The summed E-state index contributed by atoms with van der Waals surface area (Å²) in [6, 6.07) is 7.99. The summed E-state index contributed by atoms with van der Waals surface area (Å²) in [4.78, 5) is 6.63. The molecule has 3 heterocycles. The molecular formula is C18H25N5O3S. The second-order valence-electron chi connectivity index (χ2n) is 7.17. The quantitative estimate of drug-likeness (QED) is 0.768. The summed E-state index contributed by atoms with van der Waals surface area (Å²) in [7, 11) is -3.30. The van der Waals surface area contributed by atoms with Gasteiger partial charge in [0.25, 0.3) is 10.2 Å². The van der Waals surface area contributed by atoms with Gasteiger partial charge in [0.15, 0.2) is 0 Å². The third kappa shape index (κ3) is 4.06. The van der Waals surface area contributed by atoms with Crippen molar-refractivity contribution in [3.63, 3.8) is 0 Å². The molecule has 0 bridgehead atoms. The summed E-state index contributed by atoms with van der Waals surface area (Å²) in [5.41, 5.74) is 2.11. The van der Waals surface area contributed by atoms with Crippen molar-refractivity contribution in [2.75, 3.05) is 39.3 Å². The van der Waals surface area contributed by atoms with Crippen LogP contribution in [0.2, 0.25) is 0 Å². The minimum absolute atomic E-state index is 0.498. The van der Waals surface area contributed by atoms with Crippen LogP contribution < -0.4 is 0 Å². The lowest BCUT2D eigenvalue weighted by atomic mass is 10.1. The van der Waals surface area contributed by atoms with E-state index in [1.807, 2.05) is 31.2 Å². The maximum absolute atomic E-state index is 12.6. The molecule has 0 aliphatic carbocycles. The summed E-state index contributed by atoms with van der Waals surface area (Å²) >= 11 is 0. The molecule has 9 heteroatoms. The second kappa shape index (κ2) is 7.67. The fourth-order valence-corrected chi connectivity index (χ4v) is 5.20. The topological polar surface area (TPSA) is 82.8 Å². The highest BCUT2D eigenvalue weighted by molar-refractivity contribution is 7.86. The first-order chi connectivity index (χ1) is 13.0. The van der Waals surface area contributed by atoms with E-state index in [0.717, 1.165) is 18.4 Å².